The molecule has 1 fully saturated rings. The maximum Gasteiger partial charge on any atom is 0.303 e. The lowest BCUT2D eigenvalue weighted by Gasteiger charge is -2.36. The molecule has 0 bridgehead atoms. The normalized spacial score (nSPS) is 19.1. The monoisotopic (exact) mass is 537 g/mol. The lowest BCUT2D eigenvalue weighted by molar-refractivity contribution is -0.245. The minimum atomic E-state index is -1.01. The van der Waals surface area contributed by atoms with E-state index >= 15 is 0 Å². The van der Waals surface area contributed by atoms with E-state index in [4.69, 9.17) is 19.3 Å². The van der Waals surface area contributed by atoms with Crippen LogP contribution in [-0.2, 0) is 25.7 Å². The molecule has 1 aliphatic rings. The van der Waals surface area contributed by atoms with Crippen molar-refractivity contribution in [3.8, 4) is 5.75 Å². The number of nitrogens with one attached hydrogen (secondary N) is 1. The number of thioether (sulfide) groups is 1. The minimum absolute atomic E-state index is 0.0189. The molecule has 3 unspecified atom stereocenters. The van der Waals surface area contributed by atoms with Crippen molar-refractivity contribution in [3.63, 3.8) is 0 Å². The maximum absolute atomic E-state index is 12.0. The molecule has 3 aromatic carbocycles. The molecular weight excluding hydrogens is 506 g/mol. The number of carboxylic acid groups (broad SMARTS) is 1. The van der Waals surface area contributed by atoms with E-state index in [0.29, 0.717) is 17.9 Å². The SMILES string of the molecule is COc1ccccc1SCC1CC(c2ccc(CO)cc2)OC(c2ccc(NC(=O)CCC(=O)O)cc2)O1. The van der Waals surface area contributed by atoms with Gasteiger partial charge in [-0.15, -0.1) is 11.8 Å². The number of carbonyl (C=O) groups is 2. The summed E-state index contributed by atoms with van der Waals surface area (Å²) in [6, 6.07) is 22.8. The summed E-state index contributed by atoms with van der Waals surface area (Å²) in [5.41, 5.74) is 3.21. The molecule has 1 amide bonds. The van der Waals surface area contributed by atoms with Gasteiger partial charge in [-0.05, 0) is 35.4 Å². The lowest BCUT2D eigenvalue weighted by atomic mass is 10.0. The number of para-hydroxylation sites is 1. The van der Waals surface area contributed by atoms with Crippen LogP contribution in [0.5, 0.6) is 5.75 Å². The molecule has 0 spiro atoms. The highest BCUT2D eigenvalue weighted by molar-refractivity contribution is 7.99. The highest BCUT2D eigenvalue weighted by atomic mass is 32.2. The first-order valence-electron chi connectivity index (χ1n) is 12.3. The molecule has 38 heavy (non-hydrogen) atoms. The topological polar surface area (TPSA) is 114 Å². The van der Waals surface area contributed by atoms with Gasteiger partial charge in [0, 0.05) is 34.7 Å². The van der Waals surface area contributed by atoms with Crippen molar-refractivity contribution in [2.24, 2.45) is 0 Å². The number of carbonyl (C=O) groups excluding carboxylic acids is 1. The van der Waals surface area contributed by atoms with Crippen LogP contribution in [0, 0.1) is 0 Å². The predicted molar refractivity (Wildman–Crippen MR) is 144 cm³/mol. The van der Waals surface area contributed by atoms with Crippen LogP contribution in [-0.4, -0.2) is 41.1 Å². The van der Waals surface area contributed by atoms with E-state index in [9.17, 15) is 14.7 Å². The molecule has 200 valence electrons. The number of amides is 1. The Bertz CT molecular complexity index is 1220. The van der Waals surface area contributed by atoms with E-state index in [2.05, 4.69) is 5.32 Å². The molecule has 0 radical (unpaired) electrons. The fourth-order valence-corrected chi connectivity index (χ4v) is 5.16. The smallest absolute Gasteiger partial charge is 0.303 e. The van der Waals surface area contributed by atoms with Crippen LogP contribution in [0.1, 0.15) is 48.3 Å². The van der Waals surface area contributed by atoms with Crippen molar-refractivity contribution in [1.82, 2.24) is 0 Å². The Morgan fingerprint density at radius 3 is 2.37 bits per heavy atom. The first kappa shape index (κ1) is 27.7. The fraction of sp³-hybridized carbons (Fsp3) is 0.310. The van der Waals surface area contributed by atoms with Gasteiger partial charge in [0.25, 0.3) is 0 Å². The van der Waals surface area contributed by atoms with E-state index in [1.165, 1.54) is 0 Å². The van der Waals surface area contributed by atoms with Gasteiger partial charge >= 0.3 is 5.97 Å². The summed E-state index contributed by atoms with van der Waals surface area (Å²) < 4.78 is 18.2. The lowest BCUT2D eigenvalue weighted by Crippen LogP contribution is -2.31. The second-order valence-electron chi connectivity index (χ2n) is 8.88. The number of benzene rings is 3. The fourth-order valence-electron chi connectivity index (χ4n) is 4.11. The number of ether oxygens (including phenoxy) is 3. The van der Waals surface area contributed by atoms with Gasteiger partial charge in [0.2, 0.25) is 5.91 Å². The number of aliphatic hydroxyl groups is 1. The molecule has 1 heterocycles. The number of carboxylic acids is 1. The summed E-state index contributed by atoms with van der Waals surface area (Å²) in [7, 11) is 1.66. The molecule has 9 heteroatoms. The molecule has 3 N–H and O–H groups in total. The Morgan fingerprint density at radius 2 is 1.68 bits per heavy atom. The molecule has 4 rings (SSSR count). The highest BCUT2D eigenvalue weighted by Crippen LogP contribution is 2.40. The third-order valence-electron chi connectivity index (χ3n) is 6.14. The van der Waals surface area contributed by atoms with Crippen LogP contribution in [0.2, 0.25) is 0 Å². The van der Waals surface area contributed by atoms with Crippen LogP contribution < -0.4 is 10.1 Å². The van der Waals surface area contributed by atoms with E-state index in [1.54, 1.807) is 31.0 Å². The van der Waals surface area contributed by atoms with Gasteiger partial charge in [-0.1, -0.05) is 48.5 Å². The summed E-state index contributed by atoms with van der Waals surface area (Å²) in [5, 5.41) is 20.9. The third kappa shape index (κ3) is 7.58. The van der Waals surface area contributed by atoms with Gasteiger partial charge in [-0.25, -0.2) is 0 Å². The Morgan fingerprint density at radius 1 is 0.974 bits per heavy atom. The largest absolute Gasteiger partial charge is 0.496 e. The van der Waals surface area contributed by atoms with Crippen molar-refractivity contribution >= 4 is 29.3 Å². The van der Waals surface area contributed by atoms with Crippen molar-refractivity contribution in [2.75, 3.05) is 18.2 Å². The van der Waals surface area contributed by atoms with E-state index in [1.807, 2.05) is 60.7 Å². The molecule has 0 aliphatic carbocycles. The quantitative estimate of drug-likeness (QED) is 0.281. The average molecular weight is 538 g/mol. The van der Waals surface area contributed by atoms with Crippen LogP contribution in [0.15, 0.2) is 77.7 Å². The second kappa shape index (κ2) is 13.4. The summed E-state index contributed by atoms with van der Waals surface area (Å²) in [4.78, 5) is 23.7. The van der Waals surface area contributed by atoms with Gasteiger partial charge in [0.15, 0.2) is 6.29 Å². The third-order valence-corrected chi connectivity index (χ3v) is 7.33. The highest BCUT2D eigenvalue weighted by Gasteiger charge is 2.32. The number of rotatable bonds is 11. The Labute approximate surface area is 225 Å². The zero-order valence-corrected chi connectivity index (χ0v) is 21.9. The van der Waals surface area contributed by atoms with E-state index in [-0.39, 0.29) is 37.6 Å². The predicted octanol–water partition coefficient (Wildman–Crippen LogP) is 5.33. The van der Waals surface area contributed by atoms with Gasteiger partial charge < -0.3 is 29.7 Å². The first-order valence-corrected chi connectivity index (χ1v) is 13.3. The molecule has 3 atom stereocenters. The summed E-state index contributed by atoms with van der Waals surface area (Å²) in [6.07, 6.45) is -0.584. The first-order chi connectivity index (χ1) is 18.4. The Kier molecular flexibility index (Phi) is 9.78. The molecule has 1 aliphatic heterocycles. The van der Waals surface area contributed by atoms with Crippen LogP contribution in [0.4, 0.5) is 5.69 Å². The molecule has 3 aromatic rings. The zero-order valence-electron chi connectivity index (χ0n) is 21.0. The van der Waals surface area contributed by atoms with Crippen molar-refractivity contribution < 1.29 is 34.0 Å². The number of hydrogen-bond donors (Lipinski definition) is 3. The second-order valence-corrected chi connectivity index (χ2v) is 9.94. The zero-order chi connectivity index (χ0) is 26.9. The maximum atomic E-state index is 12.0. The molecular formula is C29H31NO7S. The number of aliphatic hydroxyl groups excluding tert-OH is 1. The average Bonchev–Trinajstić information content (AvgIpc) is 2.95. The number of methoxy groups -OCH3 is 1. The van der Waals surface area contributed by atoms with Crippen molar-refractivity contribution in [1.29, 1.82) is 0 Å². The van der Waals surface area contributed by atoms with Crippen LogP contribution >= 0.6 is 11.8 Å². The van der Waals surface area contributed by atoms with Gasteiger partial charge in [-0.3, -0.25) is 9.59 Å². The minimum Gasteiger partial charge on any atom is -0.496 e. The van der Waals surface area contributed by atoms with Gasteiger partial charge in [-0.2, -0.15) is 0 Å². The number of aliphatic carboxylic acids is 1. The number of hydrogen-bond acceptors (Lipinski definition) is 7. The summed E-state index contributed by atoms with van der Waals surface area (Å²) in [5.74, 6) is 0.146. The van der Waals surface area contributed by atoms with Crippen LogP contribution in [0.3, 0.4) is 0 Å². The van der Waals surface area contributed by atoms with Gasteiger partial charge in [0.1, 0.15) is 5.75 Å². The Hall–Kier alpha value is -3.37. The summed E-state index contributed by atoms with van der Waals surface area (Å²) in [6.45, 7) is -0.0189. The molecule has 8 nitrogen and oxygen atoms in total. The van der Waals surface area contributed by atoms with E-state index < -0.39 is 12.3 Å². The van der Waals surface area contributed by atoms with Crippen molar-refractivity contribution in [3.05, 3.63) is 89.5 Å². The molecule has 0 saturated carbocycles. The van der Waals surface area contributed by atoms with E-state index in [0.717, 1.165) is 27.3 Å². The molecule has 0 aromatic heterocycles. The molecule has 1 saturated heterocycles. The van der Waals surface area contributed by atoms with Gasteiger partial charge in [0.05, 0.1) is 32.3 Å². The van der Waals surface area contributed by atoms with Crippen molar-refractivity contribution in [2.45, 2.75) is 49.3 Å². The van der Waals surface area contributed by atoms with Crippen LogP contribution in [0.25, 0.3) is 0 Å². The standard InChI is InChI=1S/C29H31NO7S/c1-35-24-4-2-3-5-26(24)38-18-23-16-25(20-8-6-19(17-31)7-9-20)37-29(36-23)21-10-12-22(13-11-21)30-27(32)14-15-28(33)34/h2-13,23,25,29,31H,14-18H2,1H3,(H,30,32)(H,33,34). The number of anilines is 1. The Balaban J connectivity index is 1.48. The summed E-state index contributed by atoms with van der Waals surface area (Å²) >= 11 is 1.67.